The van der Waals surface area contributed by atoms with Gasteiger partial charge in [0, 0.05) is 5.56 Å². The van der Waals surface area contributed by atoms with Crippen LogP contribution in [0.25, 0.3) is 11.4 Å². The Kier molecular flexibility index (Phi) is 4.46. The Balaban J connectivity index is 1.95. The molecule has 124 valence electrons. The second-order valence-electron chi connectivity index (χ2n) is 5.83. The van der Waals surface area contributed by atoms with Gasteiger partial charge in [-0.1, -0.05) is 16.8 Å². The molecule has 0 bridgehead atoms. The Morgan fingerprint density at radius 3 is 2.74 bits per heavy atom. The number of piperidine rings is 1. The molecule has 0 aliphatic carbocycles. The van der Waals surface area contributed by atoms with Crippen LogP contribution in [0.5, 0.6) is 11.5 Å². The van der Waals surface area contributed by atoms with Crippen molar-refractivity contribution < 1.29 is 14.0 Å². The first kappa shape index (κ1) is 16.1. The Bertz CT molecular complexity index is 696. The minimum atomic E-state index is -0.274. The highest BCUT2D eigenvalue weighted by molar-refractivity contribution is 6.32. The molecular formula is C16H20ClN3O3. The largest absolute Gasteiger partial charge is 0.493 e. The molecule has 0 spiro atoms. The van der Waals surface area contributed by atoms with E-state index in [-0.39, 0.29) is 5.54 Å². The maximum atomic E-state index is 6.24. The highest BCUT2D eigenvalue weighted by Gasteiger charge is 2.34. The summed E-state index contributed by atoms with van der Waals surface area (Å²) < 4.78 is 16.1. The predicted octanol–water partition coefficient (Wildman–Crippen LogP) is 3.40. The molecule has 0 amide bonds. The van der Waals surface area contributed by atoms with Crippen molar-refractivity contribution in [2.24, 2.45) is 0 Å². The van der Waals surface area contributed by atoms with Crippen molar-refractivity contribution in [3.05, 3.63) is 23.0 Å². The maximum Gasteiger partial charge on any atom is 0.246 e. The number of halogens is 1. The molecule has 1 aliphatic rings. The number of methoxy groups -OCH3 is 2. The Morgan fingerprint density at radius 1 is 1.26 bits per heavy atom. The van der Waals surface area contributed by atoms with E-state index in [1.54, 1.807) is 26.4 Å². The number of nitrogens with zero attached hydrogens (tertiary/aromatic N) is 2. The molecule has 1 fully saturated rings. The first-order valence-corrected chi connectivity index (χ1v) is 7.96. The molecule has 0 radical (unpaired) electrons. The first-order valence-electron chi connectivity index (χ1n) is 7.58. The number of rotatable bonds is 4. The molecule has 2 heterocycles. The number of nitrogens with one attached hydrogen (secondary N) is 1. The first-order chi connectivity index (χ1) is 11.1. The van der Waals surface area contributed by atoms with Crippen LogP contribution >= 0.6 is 11.6 Å². The maximum absolute atomic E-state index is 6.24. The van der Waals surface area contributed by atoms with E-state index in [1.165, 1.54) is 6.42 Å². The van der Waals surface area contributed by atoms with Gasteiger partial charge in [-0.2, -0.15) is 4.98 Å². The molecule has 1 aliphatic heterocycles. The van der Waals surface area contributed by atoms with Gasteiger partial charge in [-0.3, -0.25) is 0 Å². The van der Waals surface area contributed by atoms with Crippen LogP contribution in [0.2, 0.25) is 5.02 Å². The van der Waals surface area contributed by atoms with Gasteiger partial charge >= 0.3 is 0 Å². The van der Waals surface area contributed by atoms with Gasteiger partial charge in [-0.05, 0) is 44.9 Å². The molecule has 6 nitrogen and oxygen atoms in total. The van der Waals surface area contributed by atoms with Crippen LogP contribution in [0.3, 0.4) is 0 Å². The van der Waals surface area contributed by atoms with Gasteiger partial charge < -0.3 is 19.3 Å². The summed E-state index contributed by atoms with van der Waals surface area (Å²) in [6.07, 6.45) is 3.28. The number of aromatic nitrogens is 2. The summed E-state index contributed by atoms with van der Waals surface area (Å²) in [4.78, 5) is 4.55. The lowest BCUT2D eigenvalue weighted by atomic mass is 9.91. The van der Waals surface area contributed by atoms with E-state index in [1.807, 2.05) is 0 Å². The predicted molar refractivity (Wildman–Crippen MR) is 87.1 cm³/mol. The second-order valence-corrected chi connectivity index (χ2v) is 6.24. The van der Waals surface area contributed by atoms with Gasteiger partial charge in [-0.15, -0.1) is 0 Å². The lowest BCUT2D eigenvalue weighted by Crippen LogP contribution is -2.43. The molecular weight excluding hydrogens is 318 g/mol. The van der Waals surface area contributed by atoms with Gasteiger partial charge in [0.2, 0.25) is 11.7 Å². The number of benzene rings is 1. The highest BCUT2D eigenvalue weighted by atomic mass is 35.5. The minimum Gasteiger partial charge on any atom is -0.493 e. The fourth-order valence-electron chi connectivity index (χ4n) is 2.85. The standard InChI is InChI=1S/C16H20ClN3O3/c1-16(6-4-5-7-18-16)15-19-14(20-23-15)10-8-11(17)13(22-3)12(9-10)21-2/h8-9,18H,4-7H2,1-3H3. The van der Waals surface area contributed by atoms with E-state index in [2.05, 4.69) is 22.4 Å². The van der Waals surface area contributed by atoms with E-state index in [0.717, 1.165) is 24.9 Å². The Morgan fingerprint density at radius 2 is 2.09 bits per heavy atom. The average molecular weight is 338 g/mol. The molecule has 23 heavy (non-hydrogen) atoms. The topological polar surface area (TPSA) is 69.4 Å². The van der Waals surface area contributed by atoms with Gasteiger partial charge in [0.25, 0.3) is 0 Å². The van der Waals surface area contributed by atoms with Crippen LogP contribution in [0.1, 0.15) is 32.1 Å². The SMILES string of the molecule is COc1cc(-c2noc(C3(C)CCCCN3)n2)cc(Cl)c1OC. The molecule has 1 unspecified atom stereocenters. The van der Waals surface area contributed by atoms with E-state index in [0.29, 0.717) is 28.2 Å². The Hall–Kier alpha value is -1.79. The number of ether oxygens (including phenoxy) is 2. The normalized spacial score (nSPS) is 21.2. The third-order valence-corrected chi connectivity index (χ3v) is 4.49. The monoisotopic (exact) mass is 337 g/mol. The lowest BCUT2D eigenvalue weighted by molar-refractivity contribution is 0.207. The lowest BCUT2D eigenvalue weighted by Gasteiger charge is -2.31. The third-order valence-electron chi connectivity index (χ3n) is 4.21. The van der Waals surface area contributed by atoms with Crippen LogP contribution in [0, 0.1) is 0 Å². The number of hydrogen-bond acceptors (Lipinski definition) is 6. The van der Waals surface area contributed by atoms with Gasteiger partial charge in [-0.25, -0.2) is 0 Å². The fourth-order valence-corrected chi connectivity index (χ4v) is 3.14. The molecule has 0 saturated carbocycles. The Labute approximate surface area is 140 Å². The minimum absolute atomic E-state index is 0.274. The molecule has 1 aromatic carbocycles. The zero-order chi connectivity index (χ0) is 16.4. The quantitative estimate of drug-likeness (QED) is 0.922. The van der Waals surface area contributed by atoms with Crippen LogP contribution in [0.4, 0.5) is 0 Å². The zero-order valence-electron chi connectivity index (χ0n) is 13.5. The zero-order valence-corrected chi connectivity index (χ0v) is 14.2. The molecule has 1 aromatic heterocycles. The van der Waals surface area contributed by atoms with Crippen molar-refractivity contribution >= 4 is 11.6 Å². The summed E-state index contributed by atoms with van der Waals surface area (Å²) in [5.41, 5.74) is 0.450. The molecule has 2 aromatic rings. The number of hydrogen-bond donors (Lipinski definition) is 1. The summed E-state index contributed by atoms with van der Waals surface area (Å²) in [6.45, 7) is 3.04. The van der Waals surface area contributed by atoms with Crippen LogP contribution in [0.15, 0.2) is 16.7 Å². The van der Waals surface area contributed by atoms with Crippen LogP contribution in [-0.4, -0.2) is 30.9 Å². The van der Waals surface area contributed by atoms with Crippen LogP contribution in [-0.2, 0) is 5.54 Å². The summed E-state index contributed by atoms with van der Waals surface area (Å²) >= 11 is 6.24. The van der Waals surface area contributed by atoms with Crippen molar-refractivity contribution in [3.8, 4) is 22.9 Å². The fraction of sp³-hybridized carbons (Fsp3) is 0.500. The highest BCUT2D eigenvalue weighted by Crippen LogP contribution is 2.39. The van der Waals surface area contributed by atoms with E-state index >= 15 is 0 Å². The van der Waals surface area contributed by atoms with Gasteiger partial charge in [0.1, 0.15) is 0 Å². The second kappa shape index (κ2) is 6.37. The van der Waals surface area contributed by atoms with E-state index in [9.17, 15) is 0 Å². The van der Waals surface area contributed by atoms with E-state index < -0.39 is 0 Å². The van der Waals surface area contributed by atoms with Gasteiger partial charge in [0.15, 0.2) is 11.5 Å². The molecule has 3 rings (SSSR count). The van der Waals surface area contributed by atoms with Crippen molar-refractivity contribution in [2.75, 3.05) is 20.8 Å². The smallest absolute Gasteiger partial charge is 0.246 e. The molecule has 1 atom stereocenters. The summed E-state index contributed by atoms with van der Waals surface area (Å²) in [5, 5.41) is 8.00. The van der Waals surface area contributed by atoms with Crippen LogP contribution < -0.4 is 14.8 Å². The summed E-state index contributed by atoms with van der Waals surface area (Å²) in [6, 6.07) is 3.53. The van der Waals surface area contributed by atoms with E-state index in [4.69, 9.17) is 25.6 Å². The van der Waals surface area contributed by atoms with Crippen molar-refractivity contribution in [1.29, 1.82) is 0 Å². The third kappa shape index (κ3) is 3.01. The molecule has 7 heteroatoms. The molecule has 1 saturated heterocycles. The van der Waals surface area contributed by atoms with Crippen molar-refractivity contribution in [2.45, 2.75) is 31.7 Å². The summed E-state index contributed by atoms with van der Waals surface area (Å²) in [7, 11) is 3.11. The average Bonchev–Trinajstić information content (AvgIpc) is 3.05. The van der Waals surface area contributed by atoms with Crippen molar-refractivity contribution in [3.63, 3.8) is 0 Å². The summed E-state index contributed by atoms with van der Waals surface area (Å²) in [5.74, 6) is 2.10. The van der Waals surface area contributed by atoms with Crippen molar-refractivity contribution in [1.82, 2.24) is 15.5 Å². The van der Waals surface area contributed by atoms with Gasteiger partial charge in [0.05, 0.1) is 24.8 Å². The molecule has 1 N–H and O–H groups in total.